The highest BCUT2D eigenvalue weighted by molar-refractivity contribution is 6.01. The van der Waals surface area contributed by atoms with Crippen LogP contribution < -0.4 is 10.1 Å². The van der Waals surface area contributed by atoms with Crippen molar-refractivity contribution in [2.45, 2.75) is 13.3 Å². The molecule has 1 aromatic carbocycles. The van der Waals surface area contributed by atoms with E-state index in [-0.39, 0.29) is 23.9 Å². The second-order valence-electron chi connectivity index (χ2n) is 4.54. The molecule has 0 saturated heterocycles. The van der Waals surface area contributed by atoms with Gasteiger partial charge in [0.1, 0.15) is 11.4 Å². The van der Waals surface area contributed by atoms with Crippen LogP contribution in [0.1, 0.15) is 33.3 Å². The fraction of sp³-hybridized carbons (Fsp3) is 0.250. The molecule has 6 heteroatoms. The van der Waals surface area contributed by atoms with E-state index >= 15 is 0 Å². The number of nitrogens with one attached hydrogen (secondary N) is 1. The van der Waals surface area contributed by atoms with Crippen LogP contribution in [0, 0.1) is 0 Å². The van der Waals surface area contributed by atoms with Gasteiger partial charge in [0.25, 0.3) is 5.91 Å². The minimum absolute atomic E-state index is 0.127. The number of benzene rings is 1. The monoisotopic (exact) mass is 299 g/mol. The summed E-state index contributed by atoms with van der Waals surface area (Å²) in [5, 5.41) is 2.61. The molecule has 22 heavy (non-hydrogen) atoms. The molecule has 1 N–H and O–H groups in total. The van der Waals surface area contributed by atoms with Gasteiger partial charge in [0, 0.05) is 23.5 Å². The van der Waals surface area contributed by atoms with E-state index in [1.165, 1.54) is 18.6 Å². The molecular weight excluding hydrogens is 282 g/mol. The normalized spacial score (nSPS) is 10.1. The number of amides is 1. The summed E-state index contributed by atoms with van der Waals surface area (Å²) in [6.45, 7) is 1.82. The SMILES string of the molecule is CCc1c(OC)cccc1C(=O)NCC(=O)c1cnccn1. The van der Waals surface area contributed by atoms with Crippen LogP contribution in [-0.2, 0) is 6.42 Å². The highest BCUT2D eigenvalue weighted by Gasteiger charge is 2.15. The van der Waals surface area contributed by atoms with Crippen molar-refractivity contribution < 1.29 is 14.3 Å². The van der Waals surface area contributed by atoms with Gasteiger partial charge in [0.05, 0.1) is 19.9 Å². The highest BCUT2D eigenvalue weighted by atomic mass is 16.5. The van der Waals surface area contributed by atoms with Gasteiger partial charge < -0.3 is 10.1 Å². The molecule has 0 aliphatic carbocycles. The molecule has 0 bridgehead atoms. The molecule has 0 aliphatic rings. The Hall–Kier alpha value is -2.76. The van der Waals surface area contributed by atoms with Crippen molar-refractivity contribution in [2.75, 3.05) is 13.7 Å². The maximum atomic E-state index is 12.3. The van der Waals surface area contributed by atoms with Gasteiger partial charge in [0.2, 0.25) is 5.78 Å². The number of hydrogen-bond acceptors (Lipinski definition) is 5. The van der Waals surface area contributed by atoms with Crippen molar-refractivity contribution in [3.8, 4) is 5.75 Å². The number of carbonyl (C=O) groups is 2. The van der Waals surface area contributed by atoms with Crippen LogP contribution in [0.5, 0.6) is 5.75 Å². The predicted octanol–water partition coefficient (Wildman–Crippen LogP) is 1.66. The van der Waals surface area contributed by atoms with Crippen LogP contribution in [0.4, 0.5) is 0 Å². The number of rotatable bonds is 6. The number of methoxy groups -OCH3 is 1. The Morgan fingerprint density at radius 2 is 2.09 bits per heavy atom. The number of ether oxygens (including phenoxy) is 1. The lowest BCUT2D eigenvalue weighted by atomic mass is 10.0. The smallest absolute Gasteiger partial charge is 0.252 e. The summed E-state index contributed by atoms with van der Waals surface area (Å²) in [5.41, 5.74) is 1.55. The van der Waals surface area contributed by atoms with E-state index < -0.39 is 0 Å². The Morgan fingerprint density at radius 1 is 1.27 bits per heavy atom. The van der Waals surface area contributed by atoms with E-state index in [0.29, 0.717) is 17.7 Å². The van der Waals surface area contributed by atoms with Gasteiger partial charge in [-0.25, -0.2) is 4.98 Å². The highest BCUT2D eigenvalue weighted by Crippen LogP contribution is 2.22. The van der Waals surface area contributed by atoms with Crippen molar-refractivity contribution in [3.63, 3.8) is 0 Å². The fourth-order valence-corrected chi connectivity index (χ4v) is 2.12. The third-order valence-electron chi connectivity index (χ3n) is 3.21. The molecular formula is C16H17N3O3. The zero-order valence-corrected chi connectivity index (χ0v) is 12.5. The summed E-state index contributed by atoms with van der Waals surface area (Å²) in [7, 11) is 1.56. The van der Waals surface area contributed by atoms with Gasteiger partial charge in [0.15, 0.2) is 0 Å². The lowest BCUT2D eigenvalue weighted by Crippen LogP contribution is -2.30. The van der Waals surface area contributed by atoms with Crippen LogP contribution in [0.25, 0.3) is 0 Å². The lowest BCUT2D eigenvalue weighted by Gasteiger charge is -2.12. The first kappa shape index (κ1) is 15.6. The Morgan fingerprint density at radius 3 is 2.73 bits per heavy atom. The van der Waals surface area contributed by atoms with Crippen LogP contribution in [0.2, 0.25) is 0 Å². The summed E-state index contributed by atoms with van der Waals surface area (Å²) >= 11 is 0. The van der Waals surface area contributed by atoms with E-state index in [0.717, 1.165) is 5.56 Å². The summed E-state index contributed by atoms with van der Waals surface area (Å²) in [4.78, 5) is 31.9. The Kier molecular flexibility index (Phi) is 5.19. The molecule has 0 radical (unpaired) electrons. The topological polar surface area (TPSA) is 81.2 Å². The minimum Gasteiger partial charge on any atom is -0.496 e. The molecule has 0 unspecified atom stereocenters. The number of nitrogens with zero attached hydrogens (tertiary/aromatic N) is 2. The van der Waals surface area contributed by atoms with E-state index in [1.807, 2.05) is 6.92 Å². The quantitative estimate of drug-likeness (QED) is 0.820. The summed E-state index contributed by atoms with van der Waals surface area (Å²) < 4.78 is 5.26. The maximum Gasteiger partial charge on any atom is 0.252 e. The van der Waals surface area contributed by atoms with Gasteiger partial charge in [-0.15, -0.1) is 0 Å². The van der Waals surface area contributed by atoms with Crippen molar-refractivity contribution in [3.05, 3.63) is 53.6 Å². The molecule has 2 aromatic rings. The van der Waals surface area contributed by atoms with Crippen LogP contribution in [0.15, 0.2) is 36.8 Å². The first-order valence-corrected chi connectivity index (χ1v) is 6.90. The van der Waals surface area contributed by atoms with E-state index in [9.17, 15) is 9.59 Å². The zero-order chi connectivity index (χ0) is 15.9. The summed E-state index contributed by atoms with van der Waals surface area (Å²) in [5.74, 6) is 0.0609. The minimum atomic E-state index is -0.312. The van der Waals surface area contributed by atoms with Crippen LogP contribution >= 0.6 is 0 Å². The number of hydrogen-bond donors (Lipinski definition) is 1. The fourth-order valence-electron chi connectivity index (χ4n) is 2.12. The second-order valence-corrected chi connectivity index (χ2v) is 4.54. The zero-order valence-electron chi connectivity index (χ0n) is 12.5. The molecule has 114 valence electrons. The first-order valence-electron chi connectivity index (χ1n) is 6.90. The van der Waals surface area contributed by atoms with Crippen molar-refractivity contribution in [1.29, 1.82) is 0 Å². The van der Waals surface area contributed by atoms with Crippen molar-refractivity contribution in [1.82, 2.24) is 15.3 Å². The first-order chi connectivity index (χ1) is 10.7. The predicted molar refractivity (Wildman–Crippen MR) is 81.1 cm³/mol. The second kappa shape index (κ2) is 7.31. The molecule has 0 fully saturated rings. The number of Topliss-reactive ketones (excluding diaryl/α,β-unsaturated/α-hetero) is 1. The number of aromatic nitrogens is 2. The third-order valence-corrected chi connectivity index (χ3v) is 3.21. The maximum absolute atomic E-state index is 12.3. The molecule has 1 heterocycles. The largest absolute Gasteiger partial charge is 0.496 e. The van der Waals surface area contributed by atoms with Crippen LogP contribution in [-0.4, -0.2) is 35.3 Å². The Balaban J connectivity index is 2.09. The molecule has 6 nitrogen and oxygen atoms in total. The van der Waals surface area contributed by atoms with Gasteiger partial charge in [-0.3, -0.25) is 14.6 Å². The average molecular weight is 299 g/mol. The van der Waals surface area contributed by atoms with Gasteiger partial charge >= 0.3 is 0 Å². The average Bonchev–Trinajstić information content (AvgIpc) is 2.59. The molecule has 1 amide bonds. The molecule has 2 rings (SSSR count). The Bertz CT molecular complexity index is 672. The van der Waals surface area contributed by atoms with E-state index in [1.54, 1.807) is 25.3 Å². The Labute approximate surface area is 128 Å². The summed E-state index contributed by atoms with van der Waals surface area (Å²) in [6, 6.07) is 5.27. The van der Waals surface area contributed by atoms with E-state index in [4.69, 9.17) is 4.74 Å². The van der Waals surface area contributed by atoms with Gasteiger partial charge in [-0.2, -0.15) is 0 Å². The molecule has 0 spiro atoms. The van der Waals surface area contributed by atoms with E-state index in [2.05, 4.69) is 15.3 Å². The molecule has 0 aliphatic heterocycles. The standard InChI is InChI=1S/C16H17N3O3/c1-3-11-12(5-4-6-15(11)22-2)16(21)19-10-14(20)13-9-17-7-8-18-13/h4-9H,3,10H2,1-2H3,(H,19,21). The van der Waals surface area contributed by atoms with Gasteiger partial charge in [-0.1, -0.05) is 13.0 Å². The summed E-state index contributed by atoms with van der Waals surface area (Å²) in [6.07, 6.45) is 4.95. The van der Waals surface area contributed by atoms with Crippen LogP contribution in [0.3, 0.4) is 0 Å². The van der Waals surface area contributed by atoms with Gasteiger partial charge in [-0.05, 0) is 18.6 Å². The molecule has 1 aromatic heterocycles. The lowest BCUT2D eigenvalue weighted by molar-refractivity contribution is 0.0901. The molecule has 0 atom stereocenters. The number of ketones is 1. The molecule has 0 saturated carbocycles. The number of carbonyl (C=O) groups excluding carboxylic acids is 2. The van der Waals surface area contributed by atoms with Crippen molar-refractivity contribution in [2.24, 2.45) is 0 Å². The van der Waals surface area contributed by atoms with Crippen molar-refractivity contribution >= 4 is 11.7 Å². The third kappa shape index (κ3) is 3.46.